The molecule has 1 aromatic rings. The van der Waals surface area contributed by atoms with Gasteiger partial charge in [-0.25, -0.2) is 5.43 Å². The zero-order valence-corrected chi connectivity index (χ0v) is 16.7. The van der Waals surface area contributed by atoms with Gasteiger partial charge in [0.1, 0.15) is 5.71 Å². The van der Waals surface area contributed by atoms with Crippen LogP contribution in [0, 0.1) is 18.8 Å². The van der Waals surface area contributed by atoms with Gasteiger partial charge in [0.2, 0.25) is 5.91 Å². The molecule has 3 aliphatic rings. The van der Waals surface area contributed by atoms with E-state index in [2.05, 4.69) is 39.6 Å². The van der Waals surface area contributed by atoms with E-state index in [-0.39, 0.29) is 11.8 Å². The van der Waals surface area contributed by atoms with Gasteiger partial charge in [-0.05, 0) is 57.2 Å². The van der Waals surface area contributed by atoms with E-state index in [1.807, 2.05) is 17.9 Å². The maximum Gasteiger partial charge on any atom is 0.270 e. The monoisotopic (exact) mass is 383 g/mol. The maximum absolute atomic E-state index is 12.8. The van der Waals surface area contributed by atoms with Crippen LogP contribution in [0.2, 0.25) is 0 Å². The van der Waals surface area contributed by atoms with E-state index in [0.29, 0.717) is 36.4 Å². The Morgan fingerprint density at radius 2 is 2.11 bits per heavy atom. The van der Waals surface area contributed by atoms with E-state index >= 15 is 0 Å². The standard InChI is InChI=1S/C21H29N5O2/c1-14-4-3-5-17(22-14)13-25(2)18-10-15-8-9-26(12-16(15)11-18)21(28)19-6-7-20(27)24-23-19/h3-5,15-16,18H,6-13H2,1-2H3,(H,24,27)/t15-,16-,18+/m1/s1. The molecule has 1 aromatic heterocycles. The summed E-state index contributed by atoms with van der Waals surface area (Å²) in [5, 5.41) is 3.98. The van der Waals surface area contributed by atoms with Gasteiger partial charge in [-0.15, -0.1) is 0 Å². The third kappa shape index (κ3) is 4.09. The number of aryl methyl sites for hydroxylation is 1. The van der Waals surface area contributed by atoms with Crippen molar-refractivity contribution in [3.63, 3.8) is 0 Å². The number of likely N-dealkylation sites (tertiary alicyclic amines) is 1. The summed E-state index contributed by atoms with van der Waals surface area (Å²) < 4.78 is 0. The Balaban J connectivity index is 1.34. The lowest BCUT2D eigenvalue weighted by molar-refractivity contribution is -0.126. The molecule has 7 nitrogen and oxygen atoms in total. The highest BCUT2D eigenvalue weighted by Crippen LogP contribution is 2.40. The molecule has 3 atom stereocenters. The quantitative estimate of drug-likeness (QED) is 0.859. The second-order valence-corrected chi connectivity index (χ2v) is 8.46. The van der Waals surface area contributed by atoms with Crippen LogP contribution in [-0.2, 0) is 16.1 Å². The lowest BCUT2D eigenvalue weighted by atomic mass is 9.88. The van der Waals surface area contributed by atoms with Gasteiger partial charge in [0.05, 0.1) is 5.69 Å². The largest absolute Gasteiger partial charge is 0.337 e. The maximum atomic E-state index is 12.8. The van der Waals surface area contributed by atoms with E-state index in [9.17, 15) is 9.59 Å². The van der Waals surface area contributed by atoms with Crippen LogP contribution in [0.15, 0.2) is 23.3 Å². The summed E-state index contributed by atoms with van der Waals surface area (Å²) in [6, 6.07) is 6.73. The molecule has 1 saturated heterocycles. The van der Waals surface area contributed by atoms with Crippen molar-refractivity contribution in [1.82, 2.24) is 20.2 Å². The third-order valence-corrected chi connectivity index (χ3v) is 6.46. The summed E-state index contributed by atoms with van der Waals surface area (Å²) in [5.41, 5.74) is 5.11. The molecule has 150 valence electrons. The number of hydrogen-bond acceptors (Lipinski definition) is 5. The van der Waals surface area contributed by atoms with E-state index in [0.717, 1.165) is 43.9 Å². The number of rotatable bonds is 4. The van der Waals surface area contributed by atoms with Crippen LogP contribution >= 0.6 is 0 Å². The van der Waals surface area contributed by atoms with Gasteiger partial charge < -0.3 is 4.90 Å². The van der Waals surface area contributed by atoms with Gasteiger partial charge >= 0.3 is 0 Å². The molecular weight excluding hydrogens is 354 g/mol. The molecule has 1 saturated carbocycles. The fourth-order valence-corrected chi connectivity index (χ4v) is 4.88. The first-order valence-electron chi connectivity index (χ1n) is 10.3. The number of carbonyl (C=O) groups excluding carboxylic acids is 2. The first-order valence-corrected chi connectivity index (χ1v) is 10.3. The number of nitrogens with zero attached hydrogens (tertiary/aromatic N) is 4. The van der Waals surface area contributed by atoms with Crippen molar-refractivity contribution < 1.29 is 9.59 Å². The van der Waals surface area contributed by atoms with Crippen LogP contribution in [0.3, 0.4) is 0 Å². The molecule has 0 aromatic carbocycles. The molecule has 1 aliphatic carbocycles. The van der Waals surface area contributed by atoms with E-state index in [1.165, 1.54) is 6.42 Å². The fourth-order valence-electron chi connectivity index (χ4n) is 4.88. The smallest absolute Gasteiger partial charge is 0.270 e. The number of nitrogens with one attached hydrogen (secondary N) is 1. The molecule has 0 bridgehead atoms. The van der Waals surface area contributed by atoms with Crippen LogP contribution in [-0.4, -0.2) is 58.5 Å². The molecule has 0 unspecified atom stereocenters. The van der Waals surface area contributed by atoms with Crippen molar-refractivity contribution in [3.05, 3.63) is 29.6 Å². The van der Waals surface area contributed by atoms with Gasteiger partial charge in [0, 0.05) is 44.2 Å². The zero-order chi connectivity index (χ0) is 19.7. The Morgan fingerprint density at radius 1 is 1.29 bits per heavy atom. The third-order valence-electron chi connectivity index (χ3n) is 6.46. The lowest BCUT2D eigenvalue weighted by Crippen LogP contribution is -2.46. The highest BCUT2D eigenvalue weighted by atomic mass is 16.2. The summed E-state index contributed by atoms with van der Waals surface area (Å²) in [6.07, 6.45) is 4.18. The fraction of sp³-hybridized carbons (Fsp3) is 0.619. The van der Waals surface area contributed by atoms with Crippen molar-refractivity contribution in [2.45, 2.75) is 51.6 Å². The second-order valence-electron chi connectivity index (χ2n) is 8.46. The van der Waals surface area contributed by atoms with Gasteiger partial charge in [0.25, 0.3) is 5.91 Å². The van der Waals surface area contributed by atoms with Crippen LogP contribution in [0.4, 0.5) is 0 Å². The average Bonchev–Trinajstić information content (AvgIpc) is 3.11. The molecule has 7 heteroatoms. The van der Waals surface area contributed by atoms with Crippen molar-refractivity contribution >= 4 is 17.5 Å². The molecule has 3 heterocycles. The Kier molecular flexibility index (Phi) is 5.44. The number of hydrogen-bond donors (Lipinski definition) is 1. The first kappa shape index (κ1) is 19.1. The van der Waals surface area contributed by atoms with Crippen LogP contribution in [0.1, 0.15) is 43.5 Å². The number of carbonyl (C=O) groups is 2. The summed E-state index contributed by atoms with van der Waals surface area (Å²) in [5.74, 6) is 1.13. The SMILES string of the molecule is Cc1cccc(CN(C)[C@H]2C[C@H]3CCN(C(=O)C4=NNC(=O)CC4)C[C@H]3C2)n1. The molecule has 0 radical (unpaired) electrons. The highest BCUT2D eigenvalue weighted by molar-refractivity contribution is 6.39. The lowest BCUT2D eigenvalue weighted by Gasteiger charge is -2.35. The highest BCUT2D eigenvalue weighted by Gasteiger charge is 2.41. The normalized spacial score (nSPS) is 27.4. The number of aromatic nitrogens is 1. The summed E-state index contributed by atoms with van der Waals surface area (Å²) >= 11 is 0. The Labute approximate surface area is 166 Å². The van der Waals surface area contributed by atoms with Crippen molar-refractivity contribution in [2.24, 2.45) is 16.9 Å². The Morgan fingerprint density at radius 3 is 2.86 bits per heavy atom. The van der Waals surface area contributed by atoms with Gasteiger partial charge in [0.15, 0.2) is 0 Å². The summed E-state index contributed by atoms with van der Waals surface area (Å²) in [4.78, 5) is 33.0. The van der Waals surface area contributed by atoms with Gasteiger partial charge in [-0.2, -0.15) is 5.10 Å². The number of amides is 2. The minimum atomic E-state index is -0.111. The Bertz CT molecular complexity index is 793. The molecule has 4 rings (SSSR count). The summed E-state index contributed by atoms with van der Waals surface area (Å²) in [6.45, 7) is 4.50. The number of pyridine rings is 1. The molecular formula is C21H29N5O2. The molecule has 1 N–H and O–H groups in total. The molecule has 28 heavy (non-hydrogen) atoms. The van der Waals surface area contributed by atoms with Crippen LogP contribution in [0.25, 0.3) is 0 Å². The van der Waals surface area contributed by atoms with Crippen molar-refractivity contribution in [1.29, 1.82) is 0 Å². The average molecular weight is 383 g/mol. The number of piperidine rings is 1. The van der Waals surface area contributed by atoms with E-state index in [1.54, 1.807) is 0 Å². The zero-order valence-electron chi connectivity index (χ0n) is 16.7. The van der Waals surface area contributed by atoms with Crippen LogP contribution in [0.5, 0.6) is 0 Å². The molecule has 2 amide bonds. The Hall–Kier alpha value is -2.28. The first-order chi connectivity index (χ1) is 13.5. The van der Waals surface area contributed by atoms with Gasteiger partial charge in [-0.3, -0.25) is 19.5 Å². The molecule has 2 aliphatic heterocycles. The molecule has 2 fully saturated rings. The summed E-state index contributed by atoms with van der Waals surface area (Å²) in [7, 11) is 2.19. The minimum absolute atomic E-state index is 0.000727. The molecule has 0 spiro atoms. The van der Waals surface area contributed by atoms with Gasteiger partial charge in [-0.1, -0.05) is 6.07 Å². The minimum Gasteiger partial charge on any atom is -0.337 e. The predicted molar refractivity (Wildman–Crippen MR) is 106 cm³/mol. The number of fused-ring (bicyclic) bond motifs is 1. The van der Waals surface area contributed by atoms with E-state index in [4.69, 9.17) is 0 Å². The number of hydrazone groups is 1. The van der Waals surface area contributed by atoms with Crippen LogP contribution < -0.4 is 5.43 Å². The second kappa shape index (κ2) is 7.99. The predicted octanol–water partition coefficient (Wildman–Crippen LogP) is 1.71. The van der Waals surface area contributed by atoms with Crippen molar-refractivity contribution in [2.75, 3.05) is 20.1 Å². The topological polar surface area (TPSA) is 77.9 Å². The van der Waals surface area contributed by atoms with E-state index < -0.39 is 0 Å². The van der Waals surface area contributed by atoms with Crippen molar-refractivity contribution in [3.8, 4) is 0 Å².